The molecule has 1 atom stereocenters. The van der Waals surface area contributed by atoms with E-state index >= 15 is 0 Å². The Hall–Kier alpha value is -3.54. The minimum Gasteiger partial charge on any atom is -0.493 e. The lowest BCUT2D eigenvalue weighted by Crippen LogP contribution is -2.31. The van der Waals surface area contributed by atoms with Crippen molar-refractivity contribution in [2.45, 2.75) is 58.0 Å². The number of esters is 1. The second-order valence-electron chi connectivity index (χ2n) is 8.87. The van der Waals surface area contributed by atoms with Crippen molar-refractivity contribution in [1.29, 1.82) is 0 Å². The fraction of sp³-hybridized carbons (Fsp3) is 0.379. The second kappa shape index (κ2) is 11.7. The Labute approximate surface area is 207 Å². The Balaban J connectivity index is 1.62. The fourth-order valence-electron chi connectivity index (χ4n) is 4.59. The first-order chi connectivity index (χ1) is 17.1. The molecule has 1 aliphatic heterocycles. The largest absolute Gasteiger partial charge is 0.493 e. The Morgan fingerprint density at radius 2 is 1.89 bits per heavy atom. The van der Waals surface area contributed by atoms with E-state index in [1.54, 1.807) is 13.3 Å². The molecule has 35 heavy (non-hydrogen) atoms. The molecule has 6 heteroatoms. The Bertz CT molecular complexity index is 1120. The van der Waals surface area contributed by atoms with Gasteiger partial charge in [0.05, 0.1) is 19.3 Å². The molecule has 0 saturated carbocycles. The van der Waals surface area contributed by atoms with Crippen molar-refractivity contribution in [2.24, 2.45) is 0 Å². The zero-order valence-corrected chi connectivity index (χ0v) is 20.5. The van der Waals surface area contributed by atoms with Crippen LogP contribution < -0.4 is 14.8 Å². The summed E-state index contributed by atoms with van der Waals surface area (Å²) in [5.74, 6) is 0.321. The van der Waals surface area contributed by atoms with Crippen molar-refractivity contribution >= 4 is 11.8 Å². The predicted molar refractivity (Wildman–Crippen MR) is 134 cm³/mol. The minimum atomic E-state index is -0.505. The van der Waals surface area contributed by atoms with E-state index in [0.717, 1.165) is 48.9 Å². The molecule has 2 aromatic rings. The van der Waals surface area contributed by atoms with E-state index in [1.165, 1.54) is 0 Å². The molecule has 2 aromatic carbocycles. The van der Waals surface area contributed by atoms with Gasteiger partial charge in [0.25, 0.3) is 0 Å². The summed E-state index contributed by atoms with van der Waals surface area (Å²) in [5.41, 5.74) is 3.83. The van der Waals surface area contributed by atoms with Crippen LogP contribution in [0.5, 0.6) is 11.5 Å². The summed E-state index contributed by atoms with van der Waals surface area (Å²) >= 11 is 0. The van der Waals surface area contributed by atoms with Gasteiger partial charge in [0.2, 0.25) is 0 Å². The lowest BCUT2D eigenvalue weighted by molar-refractivity contribution is -0.139. The Morgan fingerprint density at radius 3 is 2.66 bits per heavy atom. The zero-order chi connectivity index (χ0) is 24.6. The first kappa shape index (κ1) is 24.6. The molecule has 1 aliphatic carbocycles. The summed E-state index contributed by atoms with van der Waals surface area (Å²) in [4.78, 5) is 26.1. The lowest BCUT2D eigenvalue weighted by atomic mass is 9.76. The quantitative estimate of drug-likeness (QED) is 0.357. The molecule has 184 valence electrons. The van der Waals surface area contributed by atoms with Crippen molar-refractivity contribution in [3.63, 3.8) is 0 Å². The Kier molecular flexibility index (Phi) is 8.24. The number of ketones is 1. The summed E-state index contributed by atoms with van der Waals surface area (Å²) < 4.78 is 17.2. The van der Waals surface area contributed by atoms with Crippen LogP contribution in [0.3, 0.4) is 0 Å². The third kappa shape index (κ3) is 5.76. The normalized spacial score (nSPS) is 17.3. The van der Waals surface area contributed by atoms with Crippen LogP contribution in [0.15, 0.2) is 71.6 Å². The number of nitrogens with one attached hydrogen (secondary N) is 1. The molecular formula is C29H33NO5. The summed E-state index contributed by atoms with van der Waals surface area (Å²) in [7, 11) is 1.59. The van der Waals surface area contributed by atoms with Crippen LogP contribution in [0.1, 0.15) is 62.5 Å². The fourth-order valence-corrected chi connectivity index (χ4v) is 4.59. The highest BCUT2D eigenvalue weighted by Crippen LogP contribution is 2.43. The lowest BCUT2D eigenvalue weighted by Gasteiger charge is -2.32. The van der Waals surface area contributed by atoms with E-state index in [9.17, 15) is 9.59 Å². The van der Waals surface area contributed by atoms with Gasteiger partial charge in [-0.1, -0.05) is 56.2 Å². The SMILES string of the molecule is CCCCCOC(=O)C1=CNC2=C(C(=O)CCC2)C1c1ccc(OCc2ccccc2)c(OC)c1. The predicted octanol–water partition coefficient (Wildman–Crippen LogP) is 5.59. The first-order valence-corrected chi connectivity index (χ1v) is 12.4. The van der Waals surface area contributed by atoms with Gasteiger partial charge < -0.3 is 19.5 Å². The third-order valence-electron chi connectivity index (χ3n) is 6.43. The molecule has 0 aromatic heterocycles. The highest BCUT2D eigenvalue weighted by molar-refractivity contribution is 6.03. The van der Waals surface area contributed by atoms with Crippen molar-refractivity contribution in [2.75, 3.05) is 13.7 Å². The van der Waals surface area contributed by atoms with Gasteiger partial charge in [0, 0.05) is 29.8 Å². The van der Waals surface area contributed by atoms with Gasteiger partial charge in [-0.2, -0.15) is 0 Å². The number of Topliss-reactive ketones (excluding diaryl/α,β-unsaturated/α-hetero) is 1. The molecule has 0 bridgehead atoms. The van der Waals surface area contributed by atoms with Crippen molar-refractivity contribution < 1.29 is 23.8 Å². The summed E-state index contributed by atoms with van der Waals surface area (Å²) in [5, 5.41) is 3.20. The van der Waals surface area contributed by atoms with E-state index in [-0.39, 0.29) is 5.78 Å². The number of ether oxygens (including phenoxy) is 3. The highest BCUT2D eigenvalue weighted by atomic mass is 16.5. The number of benzene rings is 2. The van der Waals surface area contributed by atoms with Crippen LogP contribution in [0.2, 0.25) is 0 Å². The molecule has 1 heterocycles. The summed E-state index contributed by atoms with van der Waals surface area (Å²) in [6, 6.07) is 15.5. The number of allylic oxidation sites excluding steroid dienone is 2. The number of carbonyl (C=O) groups is 2. The Morgan fingerprint density at radius 1 is 1.06 bits per heavy atom. The van der Waals surface area contributed by atoms with Gasteiger partial charge in [0.15, 0.2) is 17.3 Å². The highest BCUT2D eigenvalue weighted by Gasteiger charge is 2.37. The number of hydrogen-bond acceptors (Lipinski definition) is 6. The maximum absolute atomic E-state index is 13.1. The average Bonchev–Trinajstić information content (AvgIpc) is 2.90. The summed E-state index contributed by atoms with van der Waals surface area (Å²) in [6.07, 6.45) is 6.64. The zero-order valence-electron chi connectivity index (χ0n) is 20.5. The van der Waals surface area contributed by atoms with Gasteiger partial charge in [-0.3, -0.25) is 4.79 Å². The monoisotopic (exact) mass is 475 g/mol. The van der Waals surface area contributed by atoms with Gasteiger partial charge in [-0.15, -0.1) is 0 Å². The van der Waals surface area contributed by atoms with E-state index in [2.05, 4.69) is 12.2 Å². The third-order valence-corrected chi connectivity index (χ3v) is 6.43. The number of rotatable bonds is 10. The maximum Gasteiger partial charge on any atom is 0.336 e. The van der Waals surface area contributed by atoms with Crippen LogP contribution in [-0.4, -0.2) is 25.5 Å². The van der Waals surface area contributed by atoms with Gasteiger partial charge >= 0.3 is 5.97 Å². The minimum absolute atomic E-state index is 0.0662. The number of dihydropyridines is 1. The molecule has 0 saturated heterocycles. The molecule has 4 rings (SSSR count). The smallest absolute Gasteiger partial charge is 0.336 e. The maximum atomic E-state index is 13.1. The standard InChI is InChI=1S/C29H33NO5/c1-3-4-8-16-34-29(32)22-18-30-23-12-9-13-24(31)28(23)27(22)21-14-15-25(26(17-21)33-2)35-19-20-10-6-5-7-11-20/h5-7,10-11,14-15,17-18,27,30H,3-4,8-9,12-13,16,19H2,1-2H3. The number of hydrogen-bond donors (Lipinski definition) is 1. The molecule has 2 aliphatic rings. The van der Waals surface area contributed by atoms with Crippen LogP contribution in [-0.2, 0) is 20.9 Å². The van der Waals surface area contributed by atoms with Gasteiger partial charge in [0.1, 0.15) is 6.61 Å². The molecular weight excluding hydrogens is 442 g/mol. The van der Waals surface area contributed by atoms with Crippen molar-refractivity contribution in [3.8, 4) is 11.5 Å². The molecule has 1 unspecified atom stereocenters. The molecule has 0 amide bonds. The van der Waals surface area contributed by atoms with E-state index in [1.807, 2.05) is 48.5 Å². The van der Waals surface area contributed by atoms with Gasteiger partial charge in [-0.25, -0.2) is 4.79 Å². The molecule has 0 radical (unpaired) electrons. The van der Waals surface area contributed by atoms with E-state index in [4.69, 9.17) is 14.2 Å². The van der Waals surface area contributed by atoms with Crippen LogP contribution in [0.25, 0.3) is 0 Å². The van der Waals surface area contributed by atoms with Gasteiger partial charge in [-0.05, 0) is 42.5 Å². The number of carbonyl (C=O) groups excluding carboxylic acids is 2. The number of methoxy groups -OCH3 is 1. The van der Waals surface area contributed by atoms with Crippen LogP contribution in [0.4, 0.5) is 0 Å². The molecule has 0 spiro atoms. The second-order valence-corrected chi connectivity index (χ2v) is 8.87. The van der Waals surface area contributed by atoms with Crippen molar-refractivity contribution in [3.05, 3.63) is 82.7 Å². The van der Waals surface area contributed by atoms with E-state index < -0.39 is 11.9 Å². The topological polar surface area (TPSA) is 73.9 Å². The average molecular weight is 476 g/mol. The molecule has 1 N–H and O–H groups in total. The van der Waals surface area contributed by atoms with Crippen molar-refractivity contribution in [1.82, 2.24) is 5.32 Å². The van der Waals surface area contributed by atoms with E-state index in [0.29, 0.717) is 42.3 Å². The van der Waals surface area contributed by atoms with Crippen LogP contribution >= 0.6 is 0 Å². The molecule has 0 fully saturated rings. The molecule has 6 nitrogen and oxygen atoms in total. The van der Waals surface area contributed by atoms with Crippen LogP contribution in [0, 0.1) is 0 Å². The number of unbranched alkanes of at least 4 members (excludes halogenated alkanes) is 2. The summed E-state index contributed by atoms with van der Waals surface area (Å²) in [6.45, 7) is 2.88. The first-order valence-electron chi connectivity index (χ1n) is 12.4.